The number of ether oxygens (including phenoxy) is 3. The van der Waals surface area contributed by atoms with Crippen LogP contribution in [0.25, 0.3) is 0 Å². The van der Waals surface area contributed by atoms with Crippen LogP contribution in [0, 0.1) is 5.82 Å². The van der Waals surface area contributed by atoms with E-state index in [-0.39, 0.29) is 21.9 Å². The molecule has 35 heavy (non-hydrogen) atoms. The number of carbonyl (C=O) groups is 2. The molecule has 0 aliphatic rings. The number of nitrogens with zero attached hydrogens (tertiary/aromatic N) is 1. The summed E-state index contributed by atoms with van der Waals surface area (Å²) in [5.74, 6) is -1.25. The van der Waals surface area contributed by atoms with E-state index in [2.05, 4.69) is 10.1 Å². The highest BCUT2D eigenvalue weighted by Gasteiger charge is 2.28. The average Bonchev–Trinajstić information content (AvgIpc) is 2.87. The minimum Gasteiger partial charge on any atom is -0.493 e. The number of sulfonamides is 1. The summed E-state index contributed by atoms with van der Waals surface area (Å²) in [7, 11) is -0.247. The summed E-state index contributed by atoms with van der Waals surface area (Å²) < 4.78 is 56.4. The molecule has 0 bridgehead atoms. The van der Waals surface area contributed by atoms with Gasteiger partial charge in [0.1, 0.15) is 12.4 Å². The number of rotatable bonds is 9. The van der Waals surface area contributed by atoms with Crippen molar-refractivity contribution in [2.75, 3.05) is 37.5 Å². The Morgan fingerprint density at radius 2 is 1.51 bits per heavy atom. The fourth-order valence-corrected chi connectivity index (χ4v) is 4.60. The molecule has 0 aromatic heterocycles. The normalized spacial score (nSPS) is 10.9. The van der Waals surface area contributed by atoms with Gasteiger partial charge in [0, 0.05) is 11.8 Å². The van der Waals surface area contributed by atoms with Gasteiger partial charge in [0.05, 0.1) is 37.5 Å². The van der Waals surface area contributed by atoms with Gasteiger partial charge < -0.3 is 19.5 Å². The lowest BCUT2D eigenvalue weighted by molar-refractivity contribution is -0.114. The lowest BCUT2D eigenvalue weighted by atomic mass is 10.2. The first-order valence-electron chi connectivity index (χ1n) is 10.2. The average molecular weight is 503 g/mol. The van der Waals surface area contributed by atoms with E-state index < -0.39 is 34.3 Å². The second-order valence-corrected chi connectivity index (χ2v) is 8.98. The molecule has 0 aliphatic heterocycles. The number of carbonyl (C=O) groups excluding carboxylic acids is 2. The number of halogens is 1. The van der Waals surface area contributed by atoms with Crippen molar-refractivity contribution in [3.8, 4) is 11.5 Å². The Morgan fingerprint density at radius 1 is 0.886 bits per heavy atom. The fourth-order valence-electron chi connectivity index (χ4n) is 3.17. The number of hydrogen-bond donors (Lipinski definition) is 1. The van der Waals surface area contributed by atoms with Crippen molar-refractivity contribution >= 4 is 33.3 Å². The lowest BCUT2D eigenvalue weighted by Crippen LogP contribution is -2.38. The summed E-state index contributed by atoms with van der Waals surface area (Å²) in [6.45, 7) is -0.610. The molecule has 0 spiro atoms. The highest BCUT2D eigenvalue weighted by atomic mass is 32.2. The second-order valence-electron chi connectivity index (χ2n) is 7.12. The Labute approximate surface area is 202 Å². The van der Waals surface area contributed by atoms with E-state index in [1.807, 2.05) is 0 Å². The molecule has 0 fully saturated rings. The molecule has 3 aromatic carbocycles. The van der Waals surface area contributed by atoms with Crippen molar-refractivity contribution in [1.82, 2.24) is 0 Å². The second kappa shape index (κ2) is 10.9. The van der Waals surface area contributed by atoms with Crippen molar-refractivity contribution in [3.63, 3.8) is 0 Å². The SMILES string of the molecule is COC(=O)c1ccc(NC(=O)CN(c2ccc(F)cc2)S(=O)(=O)c2ccc(OC)c(OC)c2)cc1. The van der Waals surface area contributed by atoms with Crippen LogP contribution in [0.5, 0.6) is 11.5 Å². The Morgan fingerprint density at radius 3 is 2.09 bits per heavy atom. The van der Waals surface area contributed by atoms with Gasteiger partial charge in [0.25, 0.3) is 10.0 Å². The number of anilines is 2. The van der Waals surface area contributed by atoms with Gasteiger partial charge in [-0.05, 0) is 60.7 Å². The minimum absolute atomic E-state index is 0.0809. The van der Waals surface area contributed by atoms with Crippen molar-refractivity contribution in [3.05, 3.63) is 78.1 Å². The predicted molar refractivity (Wildman–Crippen MR) is 127 cm³/mol. The smallest absolute Gasteiger partial charge is 0.337 e. The molecule has 0 atom stereocenters. The van der Waals surface area contributed by atoms with Gasteiger partial charge in [0.15, 0.2) is 11.5 Å². The standard InChI is InChI=1S/C24H23FN2O7S/c1-32-21-13-12-20(14-22(21)33-2)35(30,31)27(19-10-6-17(25)7-11-19)15-23(28)26-18-8-4-16(5-9-18)24(29)34-3/h4-14H,15H2,1-3H3,(H,26,28). The molecule has 0 radical (unpaired) electrons. The summed E-state index contributed by atoms with van der Waals surface area (Å²) in [5, 5.41) is 2.59. The Kier molecular flexibility index (Phi) is 7.92. The number of nitrogens with one attached hydrogen (secondary N) is 1. The fraction of sp³-hybridized carbons (Fsp3) is 0.167. The van der Waals surface area contributed by atoms with Gasteiger partial charge in [0.2, 0.25) is 5.91 Å². The maximum absolute atomic E-state index is 13.5. The molecule has 11 heteroatoms. The van der Waals surface area contributed by atoms with Crippen LogP contribution in [-0.4, -0.2) is 48.2 Å². The molecule has 0 saturated heterocycles. The first kappa shape index (κ1) is 25.5. The molecule has 0 aliphatic carbocycles. The zero-order valence-corrected chi connectivity index (χ0v) is 20.0. The predicted octanol–water partition coefficient (Wildman–Crippen LogP) is 3.46. The van der Waals surface area contributed by atoms with Crippen LogP contribution in [0.3, 0.4) is 0 Å². The molecule has 184 valence electrons. The van der Waals surface area contributed by atoms with Crippen LogP contribution in [0.2, 0.25) is 0 Å². The van der Waals surface area contributed by atoms with Crippen molar-refractivity contribution in [1.29, 1.82) is 0 Å². The zero-order chi connectivity index (χ0) is 25.6. The topological polar surface area (TPSA) is 111 Å². The summed E-state index contributed by atoms with van der Waals surface area (Å²) in [5.41, 5.74) is 0.706. The number of benzene rings is 3. The van der Waals surface area contributed by atoms with Crippen LogP contribution in [-0.2, 0) is 19.6 Å². The number of esters is 1. The van der Waals surface area contributed by atoms with Crippen LogP contribution >= 0.6 is 0 Å². The summed E-state index contributed by atoms with van der Waals surface area (Å²) >= 11 is 0. The third kappa shape index (κ3) is 5.87. The van der Waals surface area contributed by atoms with Crippen LogP contribution in [0.15, 0.2) is 71.6 Å². The third-order valence-corrected chi connectivity index (χ3v) is 6.70. The molecular formula is C24H23FN2O7S. The first-order valence-corrected chi connectivity index (χ1v) is 11.6. The van der Waals surface area contributed by atoms with Crippen molar-refractivity contribution in [2.45, 2.75) is 4.90 Å². The summed E-state index contributed by atoms with van der Waals surface area (Å²) in [6.07, 6.45) is 0. The molecule has 3 rings (SSSR count). The number of methoxy groups -OCH3 is 3. The van der Waals surface area contributed by atoms with Gasteiger partial charge in [-0.25, -0.2) is 17.6 Å². The number of amides is 1. The summed E-state index contributed by atoms with van der Waals surface area (Å²) in [4.78, 5) is 24.2. The molecule has 1 amide bonds. The van der Waals surface area contributed by atoms with Crippen molar-refractivity contribution in [2.24, 2.45) is 0 Å². The Bertz CT molecular complexity index is 1310. The highest BCUT2D eigenvalue weighted by Crippen LogP contribution is 2.32. The van der Waals surface area contributed by atoms with E-state index >= 15 is 0 Å². The molecular weight excluding hydrogens is 479 g/mol. The minimum atomic E-state index is -4.28. The van der Waals surface area contributed by atoms with Gasteiger partial charge >= 0.3 is 5.97 Å². The van der Waals surface area contributed by atoms with Gasteiger partial charge in [-0.3, -0.25) is 9.10 Å². The molecule has 0 heterocycles. The van der Waals surface area contributed by atoms with Crippen LogP contribution in [0.4, 0.5) is 15.8 Å². The van der Waals surface area contributed by atoms with Gasteiger partial charge in [-0.1, -0.05) is 0 Å². The van der Waals surface area contributed by atoms with E-state index in [0.717, 1.165) is 16.4 Å². The molecule has 0 saturated carbocycles. The van der Waals surface area contributed by atoms with E-state index in [9.17, 15) is 22.4 Å². The molecule has 9 nitrogen and oxygen atoms in total. The Hall–Kier alpha value is -4.12. The Balaban J connectivity index is 1.92. The van der Waals surface area contributed by atoms with Gasteiger partial charge in [-0.2, -0.15) is 0 Å². The van der Waals surface area contributed by atoms with Crippen molar-refractivity contribution < 1.29 is 36.6 Å². The van der Waals surface area contributed by atoms with E-state index in [1.54, 1.807) is 0 Å². The molecule has 0 unspecified atom stereocenters. The van der Waals surface area contributed by atoms with E-state index in [0.29, 0.717) is 11.4 Å². The van der Waals surface area contributed by atoms with Crippen LogP contribution in [0.1, 0.15) is 10.4 Å². The van der Waals surface area contributed by atoms with E-state index in [4.69, 9.17) is 9.47 Å². The zero-order valence-electron chi connectivity index (χ0n) is 19.1. The molecule has 3 aromatic rings. The van der Waals surface area contributed by atoms with Gasteiger partial charge in [-0.15, -0.1) is 0 Å². The van der Waals surface area contributed by atoms with Crippen LogP contribution < -0.4 is 19.1 Å². The van der Waals surface area contributed by atoms with E-state index in [1.165, 1.54) is 75.9 Å². The number of hydrogen-bond acceptors (Lipinski definition) is 7. The first-order chi connectivity index (χ1) is 16.7. The molecule has 1 N–H and O–H groups in total. The maximum atomic E-state index is 13.5. The highest BCUT2D eigenvalue weighted by molar-refractivity contribution is 7.92. The third-order valence-electron chi connectivity index (χ3n) is 4.93. The largest absolute Gasteiger partial charge is 0.493 e. The lowest BCUT2D eigenvalue weighted by Gasteiger charge is -2.24. The monoisotopic (exact) mass is 502 g/mol. The quantitative estimate of drug-likeness (QED) is 0.446. The maximum Gasteiger partial charge on any atom is 0.337 e. The summed E-state index contributed by atoms with van der Waals surface area (Å²) in [6, 6.07) is 14.6.